The lowest BCUT2D eigenvalue weighted by Crippen LogP contribution is -2.31. The molecule has 1 atom stereocenters. The molecule has 5 rings (SSSR count). The number of carbonyl (C=O) groups is 2. The van der Waals surface area contributed by atoms with Crippen LogP contribution in [-0.2, 0) is 9.59 Å². The van der Waals surface area contributed by atoms with Gasteiger partial charge in [-0.3, -0.25) is 9.59 Å². The minimum Gasteiger partial charge on any atom is -0.361 e. The van der Waals surface area contributed by atoms with Crippen LogP contribution in [0.25, 0.3) is 22.2 Å². The zero-order chi connectivity index (χ0) is 22.2. The molecule has 0 aliphatic carbocycles. The quantitative estimate of drug-likeness (QED) is 0.461. The van der Waals surface area contributed by atoms with Gasteiger partial charge < -0.3 is 4.98 Å². The number of aryl methyl sites for hydroxylation is 1. The Morgan fingerprint density at radius 1 is 1.12 bits per heavy atom. The predicted octanol–water partition coefficient (Wildman–Crippen LogP) is 4.83. The molecular formula is C25H18N4O2S. The summed E-state index contributed by atoms with van der Waals surface area (Å²) in [7, 11) is 0. The molecular weight excluding hydrogens is 420 g/mol. The smallest absolute Gasteiger partial charge is 0.247 e. The Balaban J connectivity index is 1.47. The lowest BCUT2D eigenvalue weighted by molar-refractivity contribution is -0.121. The number of anilines is 1. The van der Waals surface area contributed by atoms with Crippen molar-refractivity contribution in [3.63, 3.8) is 0 Å². The second-order valence-electron chi connectivity index (χ2n) is 7.61. The second kappa shape index (κ2) is 7.98. The van der Waals surface area contributed by atoms with Gasteiger partial charge in [0.15, 0.2) is 0 Å². The zero-order valence-electron chi connectivity index (χ0n) is 17.2. The Morgan fingerprint density at radius 3 is 2.72 bits per heavy atom. The topological polar surface area (TPSA) is 89.9 Å². The van der Waals surface area contributed by atoms with Crippen LogP contribution in [0.1, 0.15) is 17.5 Å². The highest BCUT2D eigenvalue weighted by molar-refractivity contribution is 8.00. The predicted molar refractivity (Wildman–Crippen MR) is 124 cm³/mol. The molecule has 0 radical (unpaired) electrons. The lowest BCUT2D eigenvalue weighted by atomic mass is 10.1. The fourth-order valence-corrected chi connectivity index (χ4v) is 5.01. The van der Waals surface area contributed by atoms with Crippen molar-refractivity contribution in [1.29, 1.82) is 5.26 Å². The van der Waals surface area contributed by atoms with Crippen LogP contribution < -0.4 is 4.90 Å². The highest BCUT2D eigenvalue weighted by Gasteiger charge is 2.41. The van der Waals surface area contributed by atoms with Crippen molar-refractivity contribution in [3.8, 4) is 17.3 Å². The van der Waals surface area contributed by atoms with E-state index in [1.54, 1.807) is 18.2 Å². The molecule has 0 bridgehead atoms. The third-order valence-electron chi connectivity index (χ3n) is 5.50. The largest absolute Gasteiger partial charge is 0.361 e. The van der Waals surface area contributed by atoms with Crippen molar-refractivity contribution < 1.29 is 9.59 Å². The maximum atomic E-state index is 13.2. The summed E-state index contributed by atoms with van der Waals surface area (Å²) >= 11 is 1.18. The number of aromatic amines is 1. The van der Waals surface area contributed by atoms with E-state index in [-0.39, 0.29) is 18.2 Å². The van der Waals surface area contributed by atoms with Crippen LogP contribution in [0.5, 0.6) is 0 Å². The number of nitriles is 1. The lowest BCUT2D eigenvalue weighted by Gasteiger charge is -2.16. The number of nitrogens with one attached hydrogen (secondary N) is 1. The molecule has 1 aliphatic heterocycles. The summed E-state index contributed by atoms with van der Waals surface area (Å²) in [5.74, 6) is -0.550. The van der Waals surface area contributed by atoms with Crippen molar-refractivity contribution in [1.82, 2.24) is 9.97 Å². The Morgan fingerprint density at radius 2 is 1.94 bits per heavy atom. The summed E-state index contributed by atoms with van der Waals surface area (Å²) in [6, 6.07) is 21.1. The molecule has 7 heteroatoms. The van der Waals surface area contributed by atoms with Crippen LogP contribution in [0.4, 0.5) is 5.69 Å². The third-order valence-corrected chi connectivity index (χ3v) is 6.69. The molecule has 0 saturated carbocycles. The molecule has 1 aliphatic rings. The van der Waals surface area contributed by atoms with E-state index in [9.17, 15) is 14.9 Å². The average molecular weight is 439 g/mol. The van der Waals surface area contributed by atoms with Gasteiger partial charge >= 0.3 is 0 Å². The van der Waals surface area contributed by atoms with Gasteiger partial charge in [0.05, 0.1) is 22.2 Å². The van der Waals surface area contributed by atoms with Gasteiger partial charge in [-0.1, -0.05) is 48.2 Å². The van der Waals surface area contributed by atoms with Crippen molar-refractivity contribution in [2.45, 2.75) is 23.6 Å². The number of imide groups is 1. The van der Waals surface area contributed by atoms with E-state index in [1.807, 2.05) is 55.6 Å². The van der Waals surface area contributed by atoms with Gasteiger partial charge in [-0.2, -0.15) is 5.26 Å². The van der Waals surface area contributed by atoms with Crippen molar-refractivity contribution >= 4 is 40.2 Å². The first-order chi connectivity index (χ1) is 15.5. The molecule has 1 unspecified atom stereocenters. The Bertz CT molecular complexity index is 1400. The number of hydrogen-bond donors (Lipinski definition) is 1. The van der Waals surface area contributed by atoms with Gasteiger partial charge in [-0.05, 0) is 42.1 Å². The number of aromatic nitrogens is 2. The summed E-state index contributed by atoms with van der Waals surface area (Å²) in [6.45, 7) is 1.91. The molecule has 1 N–H and O–H groups in total. The van der Waals surface area contributed by atoms with E-state index in [0.29, 0.717) is 16.3 Å². The number of rotatable bonds is 4. The van der Waals surface area contributed by atoms with E-state index in [0.717, 1.165) is 27.7 Å². The zero-order valence-corrected chi connectivity index (χ0v) is 18.0. The van der Waals surface area contributed by atoms with E-state index < -0.39 is 5.25 Å². The Hall–Kier alpha value is -3.89. The molecule has 2 aromatic heterocycles. The highest BCUT2D eigenvalue weighted by atomic mass is 32.2. The van der Waals surface area contributed by atoms with Gasteiger partial charge in [0.2, 0.25) is 11.8 Å². The van der Waals surface area contributed by atoms with Gasteiger partial charge in [-0.25, -0.2) is 9.88 Å². The maximum Gasteiger partial charge on any atom is 0.247 e. The van der Waals surface area contributed by atoms with E-state index >= 15 is 0 Å². The van der Waals surface area contributed by atoms with Crippen LogP contribution >= 0.6 is 11.8 Å². The van der Waals surface area contributed by atoms with E-state index in [1.165, 1.54) is 16.7 Å². The van der Waals surface area contributed by atoms with Crippen molar-refractivity contribution in [2.75, 3.05) is 4.90 Å². The summed E-state index contributed by atoms with van der Waals surface area (Å²) in [4.78, 5) is 35.0. The van der Waals surface area contributed by atoms with Crippen LogP contribution in [0, 0.1) is 18.3 Å². The Labute approximate surface area is 188 Å². The fourth-order valence-electron chi connectivity index (χ4n) is 3.93. The number of benzene rings is 2. The number of hydrogen-bond acceptors (Lipinski definition) is 5. The minimum absolute atomic E-state index is 0.0629. The minimum atomic E-state index is -0.632. The first-order valence-corrected chi connectivity index (χ1v) is 11.0. The van der Waals surface area contributed by atoms with Crippen LogP contribution in [0.2, 0.25) is 0 Å². The number of amides is 2. The van der Waals surface area contributed by atoms with E-state index in [2.05, 4.69) is 11.1 Å². The fraction of sp³-hybridized carbons (Fsp3) is 0.120. The second-order valence-corrected chi connectivity index (χ2v) is 8.80. The first kappa shape index (κ1) is 20.0. The number of fused-ring (bicyclic) bond motifs is 1. The van der Waals surface area contributed by atoms with Crippen LogP contribution in [0.3, 0.4) is 0 Å². The first-order valence-electron chi connectivity index (χ1n) is 10.1. The monoisotopic (exact) mass is 438 g/mol. The summed E-state index contributed by atoms with van der Waals surface area (Å²) < 4.78 is 0. The van der Waals surface area contributed by atoms with Gasteiger partial charge in [0.25, 0.3) is 0 Å². The molecule has 4 aromatic rings. The molecule has 2 amide bonds. The molecule has 32 heavy (non-hydrogen) atoms. The number of pyridine rings is 1. The molecule has 6 nitrogen and oxygen atoms in total. The van der Waals surface area contributed by atoms with Gasteiger partial charge in [0.1, 0.15) is 11.1 Å². The summed E-state index contributed by atoms with van der Waals surface area (Å²) in [5.41, 5.74) is 4.38. The van der Waals surface area contributed by atoms with Crippen LogP contribution in [0.15, 0.2) is 71.9 Å². The molecule has 3 heterocycles. The Kier molecular flexibility index (Phi) is 5.00. The summed E-state index contributed by atoms with van der Waals surface area (Å²) in [6.07, 6.45) is 1.88. The van der Waals surface area contributed by atoms with Gasteiger partial charge in [0, 0.05) is 23.7 Å². The number of nitrogens with zero attached hydrogens (tertiary/aromatic N) is 3. The number of thioether (sulfide) groups is 1. The normalized spacial score (nSPS) is 16.0. The molecule has 1 fully saturated rings. The SMILES string of the molecule is Cc1cc(C#N)c(SC2CC(=O)N(c3ccc4cc[nH]c4c3)C2=O)nc1-c1ccccc1. The molecule has 1 saturated heterocycles. The van der Waals surface area contributed by atoms with E-state index in [4.69, 9.17) is 4.98 Å². The molecule has 156 valence electrons. The molecule has 0 spiro atoms. The number of carbonyl (C=O) groups excluding carboxylic acids is 2. The highest BCUT2D eigenvalue weighted by Crippen LogP contribution is 2.37. The van der Waals surface area contributed by atoms with Gasteiger partial charge in [-0.15, -0.1) is 0 Å². The summed E-state index contributed by atoms with van der Waals surface area (Å²) in [5, 5.41) is 10.5. The van der Waals surface area contributed by atoms with Crippen LogP contribution in [-0.4, -0.2) is 27.0 Å². The maximum absolute atomic E-state index is 13.2. The average Bonchev–Trinajstić information content (AvgIpc) is 3.38. The standard InChI is InChI=1S/C25H18N4O2S/c1-15-11-18(14-26)24(28-23(15)17-5-3-2-4-6-17)32-21-13-22(30)29(25(21)31)19-8-7-16-9-10-27-20(16)12-19/h2-12,21,27H,13H2,1H3. The third kappa shape index (κ3) is 3.45. The van der Waals surface area contributed by atoms with Crippen molar-refractivity contribution in [2.24, 2.45) is 0 Å². The molecule has 2 aromatic carbocycles. The van der Waals surface area contributed by atoms with Crippen molar-refractivity contribution in [3.05, 3.63) is 78.0 Å². The number of H-pyrrole nitrogens is 1.